The van der Waals surface area contributed by atoms with Gasteiger partial charge in [-0.1, -0.05) is 36.4 Å². The van der Waals surface area contributed by atoms with Crippen LogP contribution in [0.5, 0.6) is 0 Å². The highest BCUT2D eigenvalue weighted by molar-refractivity contribution is 5.90. The summed E-state index contributed by atoms with van der Waals surface area (Å²) >= 11 is 0. The average Bonchev–Trinajstić information content (AvgIpc) is 2.81. The van der Waals surface area contributed by atoms with Gasteiger partial charge in [0, 0.05) is 25.4 Å². The molecule has 0 aromatic heterocycles. The molecule has 3 heteroatoms. The molecule has 2 aliphatic rings. The predicted octanol–water partition coefficient (Wildman–Crippen LogP) is 3.10. The Hall–Kier alpha value is -1.90. The average molecular weight is 283 g/mol. The monoisotopic (exact) mass is 283 g/mol. The van der Waals surface area contributed by atoms with Crippen molar-refractivity contribution >= 4 is 11.7 Å². The third-order valence-electron chi connectivity index (χ3n) is 4.52. The molecular formula is C18H21NO2. The number of carbonyl (C=O) groups is 2. The van der Waals surface area contributed by atoms with Crippen LogP contribution < -0.4 is 0 Å². The minimum Gasteiger partial charge on any atom is -0.335 e. The minimum absolute atomic E-state index is 0.227. The summed E-state index contributed by atoms with van der Waals surface area (Å²) < 4.78 is 0. The Balaban J connectivity index is 1.65. The third-order valence-corrected chi connectivity index (χ3v) is 4.52. The van der Waals surface area contributed by atoms with Crippen LogP contribution in [0.25, 0.3) is 0 Å². The van der Waals surface area contributed by atoms with Crippen molar-refractivity contribution in [2.75, 3.05) is 0 Å². The van der Waals surface area contributed by atoms with Crippen LogP contribution in [0.3, 0.4) is 0 Å². The van der Waals surface area contributed by atoms with Crippen molar-refractivity contribution in [1.29, 1.82) is 0 Å². The smallest absolute Gasteiger partial charge is 0.223 e. The first-order valence-electron chi connectivity index (χ1n) is 7.75. The van der Waals surface area contributed by atoms with Gasteiger partial charge in [-0.05, 0) is 36.8 Å². The van der Waals surface area contributed by atoms with Crippen molar-refractivity contribution in [3.05, 3.63) is 48.0 Å². The van der Waals surface area contributed by atoms with E-state index in [0.717, 1.165) is 19.3 Å². The van der Waals surface area contributed by atoms with Gasteiger partial charge < -0.3 is 4.90 Å². The van der Waals surface area contributed by atoms with Crippen molar-refractivity contribution in [1.82, 2.24) is 4.90 Å². The van der Waals surface area contributed by atoms with E-state index in [9.17, 15) is 9.59 Å². The highest BCUT2D eigenvalue weighted by atomic mass is 16.2. The van der Waals surface area contributed by atoms with Gasteiger partial charge in [-0.3, -0.25) is 9.59 Å². The molecule has 2 atom stereocenters. The zero-order valence-corrected chi connectivity index (χ0v) is 12.2. The fourth-order valence-corrected chi connectivity index (χ4v) is 3.43. The maximum absolute atomic E-state index is 12.1. The van der Waals surface area contributed by atoms with Crippen LogP contribution in [0.15, 0.2) is 42.5 Å². The first-order valence-corrected chi connectivity index (χ1v) is 7.75. The van der Waals surface area contributed by atoms with Gasteiger partial charge in [0.05, 0.1) is 0 Å². The molecule has 1 saturated heterocycles. The van der Waals surface area contributed by atoms with Crippen LogP contribution >= 0.6 is 0 Å². The topological polar surface area (TPSA) is 37.4 Å². The zero-order valence-electron chi connectivity index (χ0n) is 12.2. The molecule has 1 heterocycles. The highest BCUT2D eigenvalue weighted by Gasteiger charge is 2.33. The van der Waals surface area contributed by atoms with E-state index in [1.165, 1.54) is 5.56 Å². The van der Waals surface area contributed by atoms with E-state index >= 15 is 0 Å². The minimum atomic E-state index is 0.227. The van der Waals surface area contributed by atoms with Gasteiger partial charge in [-0.25, -0.2) is 0 Å². The van der Waals surface area contributed by atoms with Gasteiger partial charge in [0.15, 0.2) is 5.78 Å². The molecule has 1 aromatic rings. The van der Waals surface area contributed by atoms with Crippen LogP contribution in [-0.4, -0.2) is 22.6 Å². The number of benzene rings is 1. The highest BCUT2D eigenvalue weighted by Crippen LogP contribution is 2.30. The van der Waals surface area contributed by atoms with E-state index in [-0.39, 0.29) is 11.7 Å². The van der Waals surface area contributed by atoms with E-state index in [1.54, 1.807) is 6.08 Å². The van der Waals surface area contributed by atoms with E-state index in [0.29, 0.717) is 31.3 Å². The van der Waals surface area contributed by atoms with Crippen molar-refractivity contribution in [2.45, 2.75) is 44.7 Å². The molecule has 3 nitrogen and oxygen atoms in total. The maximum atomic E-state index is 12.1. The summed E-state index contributed by atoms with van der Waals surface area (Å²) in [6.45, 7) is 0.695. The fraction of sp³-hybridized carbons (Fsp3) is 0.444. The predicted molar refractivity (Wildman–Crippen MR) is 81.5 cm³/mol. The molecule has 1 aliphatic carbocycles. The number of allylic oxidation sites excluding steroid dienone is 2. The molecule has 21 heavy (non-hydrogen) atoms. The summed E-state index contributed by atoms with van der Waals surface area (Å²) in [5, 5.41) is 0. The molecule has 110 valence electrons. The first-order chi connectivity index (χ1) is 10.2. The number of hydrogen-bond acceptors (Lipinski definition) is 2. The van der Waals surface area contributed by atoms with Crippen LogP contribution in [0.2, 0.25) is 0 Å². The second-order valence-corrected chi connectivity index (χ2v) is 6.11. The first kappa shape index (κ1) is 14.1. The van der Waals surface area contributed by atoms with Gasteiger partial charge in [-0.2, -0.15) is 0 Å². The molecule has 0 spiro atoms. The lowest BCUT2D eigenvalue weighted by Gasteiger charge is -2.28. The Morgan fingerprint density at radius 3 is 2.71 bits per heavy atom. The maximum Gasteiger partial charge on any atom is 0.223 e. The Morgan fingerprint density at radius 1 is 1.14 bits per heavy atom. The number of likely N-dealkylation sites (tertiary alicyclic amines) is 1. The molecule has 0 saturated carbocycles. The molecule has 0 bridgehead atoms. The summed E-state index contributed by atoms with van der Waals surface area (Å²) in [6, 6.07) is 10.4. The largest absolute Gasteiger partial charge is 0.335 e. The number of rotatable bonds is 4. The molecule has 1 amide bonds. The molecule has 3 rings (SSSR count). The number of hydrogen-bond donors (Lipinski definition) is 0. The molecular weight excluding hydrogens is 262 g/mol. The van der Waals surface area contributed by atoms with Crippen LogP contribution in [-0.2, 0) is 16.1 Å². The molecule has 1 aliphatic heterocycles. The Labute approximate surface area is 125 Å². The summed E-state index contributed by atoms with van der Waals surface area (Å²) in [5.41, 5.74) is 1.18. The number of ketones is 1. The molecule has 0 N–H and O–H groups in total. The van der Waals surface area contributed by atoms with E-state index in [1.807, 2.05) is 29.2 Å². The second-order valence-electron chi connectivity index (χ2n) is 6.11. The number of amides is 1. The standard InChI is InChI=1S/C18H21NO2/c20-17-8-4-7-15(12-17)11-16-9-10-18(21)19(16)13-14-5-2-1-3-6-14/h1-6,8,15-16H,7,9-13H2/t15?,16-/m0/s1. The van der Waals surface area contributed by atoms with E-state index in [2.05, 4.69) is 12.1 Å². The third kappa shape index (κ3) is 3.41. The lowest BCUT2D eigenvalue weighted by atomic mass is 9.87. The zero-order chi connectivity index (χ0) is 14.7. The fourth-order valence-electron chi connectivity index (χ4n) is 3.43. The normalized spacial score (nSPS) is 25.6. The van der Waals surface area contributed by atoms with Gasteiger partial charge in [0.2, 0.25) is 5.91 Å². The van der Waals surface area contributed by atoms with Gasteiger partial charge in [0.25, 0.3) is 0 Å². The van der Waals surface area contributed by atoms with Gasteiger partial charge in [-0.15, -0.1) is 0 Å². The van der Waals surface area contributed by atoms with Crippen molar-refractivity contribution in [3.8, 4) is 0 Å². The molecule has 1 fully saturated rings. The van der Waals surface area contributed by atoms with Crippen LogP contribution in [0.1, 0.15) is 37.7 Å². The Bertz CT molecular complexity index is 550. The van der Waals surface area contributed by atoms with Crippen molar-refractivity contribution in [3.63, 3.8) is 0 Å². The Morgan fingerprint density at radius 2 is 1.95 bits per heavy atom. The molecule has 1 aromatic carbocycles. The quantitative estimate of drug-likeness (QED) is 0.851. The molecule has 0 radical (unpaired) electrons. The SMILES string of the molecule is O=C1C=CCC(C[C@@H]2CCC(=O)N2Cc2ccccc2)C1. The Kier molecular flexibility index (Phi) is 4.18. The summed E-state index contributed by atoms with van der Waals surface area (Å²) in [5.74, 6) is 0.878. The second kappa shape index (κ2) is 6.25. The lowest BCUT2D eigenvalue weighted by Crippen LogP contribution is -2.34. The summed E-state index contributed by atoms with van der Waals surface area (Å²) in [4.78, 5) is 25.7. The van der Waals surface area contributed by atoms with E-state index < -0.39 is 0 Å². The van der Waals surface area contributed by atoms with Crippen molar-refractivity contribution < 1.29 is 9.59 Å². The number of nitrogens with zero attached hydrogens (tertiary/aromatic N) is 1. The number of carbonyl (C=O) groups excluding carboxylic acids is 2. The summed E-state index contributed by atoms with van der Waals surface area (Å²) in [6.07, 6.45) is 7.81. The van der Waals surface area contributed by atoms with Crippen molar-refractivity contribution in [2.24, 2.45) is 5.92 Å². The van der Waals surface area contributed by atoms with Gasteiger partial charge >= 0.3 is 0 Å². The summed E-state index contributed by atoms with van der Waals surface area (Å²) in [7, 11) is 0. The molecule has 1 unspecified atom stereocenters. The lowest BCUT2D eigenvalue weighted by molar-refractivity contribution is -0.129. The van der Waals surface area contributed by atoms with Gasteiger partial charge in [0.1, 0.15) is 0 Å². The van der Waals surface area contributed by atoms with E-state index in [4.69, 9.17) is 0 Å². The van der Waals surface area contributed by atoms with Crippen LogP contribution in [0, 0.1) is 5.92 Å². The van der Waals surface area contributed by atoms with Crippen LogP contribution in [0.4, 0.5) is 0 Å².